The molecule has 1 N–H and O–H groups in total. The van der Waals surface area contributed by atoms with Crippen molar-refractivity contribution >= 4 is 23.4 Å². The highest BCUT2D eigenvalue weighted by Crippen LogP contribution is 2.34. The van der Waals surface area contributed by atoms with Gasteiger partial charge in [-0.1, -0.05) is 35.5 Å². The van der Waals surface area contributed by atoms with Gasteiger partial charge < -0.3 is 5.11 Å². The molecule has 0 radical (unpaired) electrons. The minimum atomic E-state index is -0.0385. The van der Waals surface area contributed by atoms with Crippen molar-refractivity contribution in [3.8, 4) is 0 Å². The lowest BCUT2D eigenvalue weighted by Gasteiger charge is -2.07. The van der Waals surface area contributed by atoms with Gasteiger partial charge in [0.15, 0.2) is 0 Å². The fraction of sp³-hybridized carbons (Fsp3) is 0.0909. The minimum absolute atomic E-state index is 0.0385. The first-order valence-electron chi connectivity index (χ1n) is 4.63. The second-order valence-electron chi connectivity index (χ2n) is 3.03. The number of rotatable bonds is 3. The van der Waals surface area contributed by atoms with E-state index in [1.165, 1.54) is 11.8 Å². The van der Waals surface area contributed by atoms with Crippen LogP contribution in [-0.4, -0.2) is 15.1 Å². The van der Waals surface area contributed by atoms with Gasteiger partial charge in [0.1, 0.15) is 5.03 Å². The van der Waals surface area contributed by atoms with Gasteiger partial charge in [-0.25, -0.2) is 4.98 Å². The van der Waals surface area contributed by atoms with E-state index in [0.717, 1.165) is 15.5 Å². The first-order valence-corrected chi connectivity index (χ1v) is 5.83. The Morgan fingerprint density at radius 1 is 1.31 bits per heavy atom. The SMILES string of the molecule is OCc1cccc(Cl)c1Sc1cnccn1. The Morgan fingerprint density at radius 3 is 2.88 bits per heavy atom. The van der Waals surface area contributed by atoms with E-state index in [9.17, 15) is 5.11 Å². The largest absolute Gasteiger partial charge is 0.392 e. The summed E-state index contributed by atoms with van der Waals surface area (Å²) in [6, 6.07) is 5.44. The van der Waals surface area contributed by atoms with Crippen molar-refractivity contribution in [2.45, 2.75) is 16.5 Å². The lowest BCUT2D eigenvalue weighted by molar-refractivity contribution is 0.279. The van der Waals surface area contributed by atoms with Crippen LogP contribution in [0.5, 0.6) is 0 Å². The van der Waals surface area contributed by atoms with Gasteiger partial charge in [0, 0.05) is 17.3 Å². The van der Waals surface area contributed by atoms with Crippen molar-refractivity contribution in [2.75, 3.05) is 0 Å². The maximum Gasteiger partial charge on any atom is 0.119 e. The van der Waals surface area contributed by atoms with Crippen LogP contribution < -0.4 is 0 Å². The zero-order chi connectivity index (χ0) is 11.4. The van der Waals surface area contributed by atoms with E-state index in [1.54, 1.807) is 24.7 Å². The molecule has 3 nitrogen and oxygen atoms in total. The van der Waals surface area contributed by atoms with E-state index in [4.69, 9.17) is 11.6 Å². The van der Waals surface area contributed by atoms with E-state index in [-0.39, 0.29) is 6.61 Å². The fourth-order valence-electron chi connectivity index (χ4n) is 1.23. The quantitative estimate of drug-likeness (QED) is 0.913. The summed E-state index contributed by atoms with van der Waals surface area (Å²) in [5.41, 5.74) is 0.795. The predicted molar refractivity (Wildman–Crippen MR) is 63.5 cm³/mol. The molecule has 1 aromatic carbocycles. The summed E-state index contributed by atoms with van der Waals surface area (Å²) >= 11 is 7.48. The normalized spacial score (nSPS) is 10.4. The Hall–Kier alpha value is -1.10. The molecule has 0 amide bonds. The predicted octanol–water partition coefficient (Wildman–Crippen LogP) is 2.77. The van der Waals surface area contributed by atoms with Crippen molar-refractivity contribution in [1.29, 1.82) is 0 Å². The van der Waals surface area contributed by atoms with Crippen LogP contribution in [0.2, 0.25) is 5.02 Å². The molecule has 0 fully saturated rings. The highest BCUT2D eigenvalue weighted by atomic mass is 35.5. The van der Waals surface area contributed by atoms with Crippen LogP contribution in [0.1, 0.15) is 5.56 Å². The lowest BCUT2D eigenvalue weighted by atomic mass is 10.2. The highest BCUT2D eigenvalue weighted by molar-refractivity contribution is 7.99. The summed E-state index contributed by atoms with van der Waals surface area (Å²) in [5.74, 6) is 0. The Kier molecular flexibility index (Phi) is 3.77. The van der Waals surface area contributed by atoms with Crippen LogP contribution in [-0.2, 0) is 6.61 Å². The Morgan fingerprint density at radius 2 is 2.19 bits per heavy atom. The van der Waals surface area contributed by atoms with Gasteiger partial charge in [-0.05, 0) is 11.6 Å². The van der Waals surface area contributed by atoms with Crippen LogP contribution in [0.3, 0.4) is 0 Å². The van der Waals surface area contributed by atoms with Gasteiger partial charge in [0.25, 0.3) is 0 Å². The number of nitrogens with zero attached hydrogens (tertiary/aromatic N) is 2. The lowest BCUT2D eigenvalue weighted by Crippen LogP contribution is -1.89. The standard InChI is InChI=1S/C11H9ClN2OS/c12-9-3-1-2-8(7-15)11(9)16-10-6-13-4-5-14-10/h1-6,15H,7H2. The first-order chi connectivity index (χ1) is 7.81. The van der Waals surface area contributed by atoms with Crippen LogP contribution >= 0.6 is 23.4 Å². The molecule has 0 bridgehead atoms. The fourth-order valence-corrected chi connectivity index (χ4v) is 2.41. The van der Waals surface area contributed by atoms with Crippen LogP contribution in [0.25, 0.3) is 0 Å². The smallest absolute Gasteiger partial charge is 0.119 e. The van der Waals surface area contributed by atoms with Crippen molar-refractivity contribution in [1.82, 2.24) is 9.97 Å². The maximum atomic E-state index is 9.21. The molecule has 0 aliphatic rings. The minimum Gasteiger partial charge on any atom is -0.392 e. The first kappa shape index (κ1) is 11.4. The molecule has 2 rings (SSSR count). The Bertz CT molecular complexity index is 479. The van der Waals surface area contributed by atoms with Crippen molar-refractivity contribution in [3.63, 3.8) is 0 Å². The number of halogens is 1. The number of hydrogen-bond donors (Lipinski definition) is 1. The average Bonchev–Trinajstić information content (AvgIpc) is 2.33. The van der Waals surface area contributed by atoms with E-state index < -0.39 is 0 Å². The molecule has 0 spiro atoms. The number of aromatic nitrogens is 2. The zero-order valence-electron chi connectivity index (χ0n) is 8.30. The Labute approximate surface area is 103 Å². The third-order valence-corrected chi connectivity index (χ3v) is 3.50. The monoisotopic (exact) mass is 252 g/mol. The Balaban J connectivity index is 2.34. The average molecular weight is 253 g/mol. The molecule has 0 saturated heterocycles. The molecule has 0 aliphatic heterocycles. The molecule has 16 heavy (non-hydrogen) atoms. The van der Waals surface area contributed by atoms with E-state index in [0.29, 0.717) is 5.02 Å². The molecular weight excluding hydrogens is 244 g/mol. The van der Waals surface area contributed by atoms with Gasteiger partial charge in [0.2, 0.25) is 0 Å². The van der Waals surface area contributed by atoms with Gasteiger partial charge in [-0.2, -0.15) is 0 Å². The summed E-state index contributed by atoms with van der Waals surface area (Å²) in [5, 5.41) is 10.6. The molecule has 0 saturated carbocycles. The van der Waals surface area contributed by atoms with Gasteiger partial charge in [-0.15, -0.1) is 0 Å². The van der Waals surface area contributed by atoms with Gasteiger partial charge >= 0.3 is 0 Å². The third-order valence-electron chi connectivity index (χ3n) is 1.96. The van der Waals surface area contributed by atoms with Gasteiger partial charge in [-0.3, -0.25) is 4.98 Å². The topological polar surface area (TPSA) is 46.0 Å². The molecule has 5 heteroatoms. The van der Waals surface area contributed by atoms with E-state index >= 15 is 0 Å². The second kappa shape index (κ2) is 5.30. The second-order valence-corrected chi connectivity index (χ2v) is 4.47. The molecule has 0 unspecified atom stereocenters. The maximum absolute atomic E-state index is 9.21. The number of benzene rings is 1. The molecule has 1 heterocycles. The van der Waals surface area contributed by atoms with Gasteiger partial charge in [0.05, 0.1) is 17.8 Å². The summed E-state index contributed by atoms with van der Waals surface area (Å²) in [6.45, 7) is -0.0385. The zero-order valence-corrected chi connectivity index (χ0v) is 9.87. The molecular formula is C11H9ClN2OS. The molecule has 82 valence electrons. The number of hydrogen-bond acceptors (Lipinski definition) is 4. The van der Waals surface area contributed by atoms with Crippen LogP contribution in [0, 0.1) is 0 Å². The van der Waals surface area contributed by atoms with Crippen molar-refractivity contribution < 1.29 is 5.11 Å². The van der Waals surface area contributed by atoms with Crippen molar-refractivity contribution in [2.24, 2.45) is 0 Å². The van der Waals surface area contributed by atoms with E-state index in [1.807, 2.05) is 12.1 Å². The number of aliphatic hydroxyl groups excluding tert-OH is 1. The summed E-state index contributed by atoms with van der Waals surface area (Å²) < 4.78 is 0. The third kappa shape index (κ3) is 2.52. The molecule has 0 atom stereocenters. The molecule has 1 aromatic heterocycles. The summed E-state index contributed by atoms with van der Waals surface area (Å²) in [6.07, 6.45) is 4.90. The summed E-state index contributed by atoms with van der Waals surface area (Å²) in [4.78, 5) is 8.95. The van der Waals surface area contributed by atoms with Crippen LogP contribution in [0.4, 0.5) is 0 Å². The molecule has 2 aromatic rings. The molecule has 0 aliphatic carbocycles. The van der Waals surface area contributed by atoms with Crippen LogP contribution in [0.15, 0.2) is 46.7 Å². The summed E-state index contributed by atoms with van der Waals surface area (Å²) in [7, 11) is 0. The number of aliphatic hydroxyl groups is 1. The highest BCUT2D eigenvalue weighted by Gasteiger charge is 2.08. The van der Waals surface area contributed by atoms with E-state index in [2.05, 4.69) is 9.97 Å². The van der Waals surface area contributed by atoms with Crippen molar-refractivity contribution in [3.05, 3.63) is 47.4 Å².